The number of hydrogen-bond donors (Lipinski definition) is 1. The smallest absolute Gasteiger partial charge is 0.172 e. The molecule has 1 atom stereocenters. The van der Waals surface area contributed by atoms with E-state index in [1.165, 1.54) is 15.6 Å². The summed E-state index contributed by atoms with van der Waals surface area (Å²) in [6, 6.07) is 8.68. The monoisotopic (exact) mass is 279 g/mol. The molecule has 0 aliphatic rings. The molecule has 2 aromatic rings. The molecule has 2 rings (SSSR count). The Morgan fingerprint density at radius 2 is 1.95 bits per heavy atom. The largest absolute Gasteiger partial charge is 0.354 e. The van der Waals surface area contributed by atoms with E-state index in [-0.39, 0.29) is 12.3 Å². The fourth-order valence-electron chi connectivity index (χ4n) is 2.38. The Morgan fingerprint density at radius 1 is 1.21 bits per heavy atom. The second kappa shape index (κ2) is 7.01. The normalized spacial score (nSPS) is 13.3. The zero-order valence-corrected chi connectivity index (χ0v) is 12.5. The number of nitrogens with one attached hydrogen (secondary N) is 1. The molecule has 4 heteroatoms. The third-order valence-electron chi connectivity index (χ3n) is 3.26. The van der Waals surface area contributed by atoms with Gasteiger partial charge in [-0.25, -0.2) is 0 Å². The first-order chi connectivity index (χ1) is 9.30. The Labute approximate surface area is 118 Å². The van der Waals surface area contributed by atoms with E-state index in [1.807, 2.05) is 0 Å². The minimum Gasteiger partial charge on any atom is -0.354 e. The lowest BCUT2D eigenvalue weighted by atomic mass is 10.0. The van der Waals surface area contributed by atoms with Gasteiger partial charge in [0.15, 0.2) is 6.29 Å². The molecule has 0 amide bonds. The number of likely N-dealkylation sites (N-methyl/N-ethyl adjacent to an activating group) is 1. The molecule has 0 saturated heterocycles. The Bertz CT molecular complexity index is 508. The molecule has 1 aromatic carbocycles. The third kappa shape index (κ3) is 3.34. The molecule has 0 bridgehead atoms. The van der Waals surface area contributed by atoms with Crippen molar-refractivity contribution in [3.63, 3.8) is 0 Å². The first kappa shape index (κ1) is 14.5. The van der Waals surface area contributed by atoms with Gasteiger partial charge >= 0.3 is 0 Å². The Hall–Kier alpha value is -0.940. The lowest BCUT2D eigenvalue weighted by Crippen LogP contribution is -2.43. The topological polar surface area (TPSA) is 30.5 Å². The van der Waals surface area contributed by atoms with Gasteiger partial charge in [0.05, 0.1) is 6.04 Å². The molecule has 3 nitrogen and oxygen atoms in total. The number of ether oxygens (including phenoxy) is 2. The van der Waals surface area contributed by atoms with Crippen molar-refractivity contribution in [2.24, 2.45) is 0 Å². The van der Waals surface area contributed by atoms with Crippen molar-refractivity contribution in [3.8, 4) is 0 Å². The van der Waals surface area contributed by atoms with E-state index < -0.39 is 0 Å². The van der Waals surface area contributed by atoms with Gasteiger partial charge < -0.3 is 14.8 Å². The van der Waals surface area contributed by atoms with Gasteiger partial charge in [0, 0.05) is 18.9 Å². The van der Waals surface area contributed by atoms with E-state index >= 15 is 0 Å². The predicted molar refractivity (Wildman–Crippen MR) is 80.8 cm³/mol. The van der Waals surface area contributed by atoms with Crippen molar-refractivity contribution in [1.29, 1.82) is 0 Å². The molecule has 0 aliphatic carbocycles. The van der Waals surface area contributed by atoms with Crippen molar-refractivity contribution < 1.29 is 9.47 Å². The number of rotatable bonds is 7. The summed E-state index contributed by atoms with van der Waals surface area (Å²) < 4.78 is 12.1. The van der Waals surface area contributed by atoms with Gasteiger partial charge in [-0.3, -0.25) is 0 Å². The van der Waals surface area contributed by atoms with Gasteiger partial charge in [0.2, 0.25) is 0 Å². The van der Waals surface area contributed by atoms with Crippen LogP contribution in [-0.4, -0.2) is 33.1 Å². The molecule has 1 unspecified atom stereocenters. The van der Waals surface area contributed by atoms with Crippen LogP contribution >= 0.6 is 11.3 Å². The SMILES string of the molecule is CCNC(Cc1csc2ccccc12)C(OC)OC. The molecule has 0 radical (unpaired) electrons. The molecule has 1 heterocycles. The van der Waals surface area contributed by atoms with Crippen molar-refractivity contribution in [3.05, 3.63) is 35.2 Å². The molecule has 0 spiro atoms. The summed E-state index contributed by atoms with van der Waals surface area (Å²) in [6.45, 7) is 3.00. The van der Waals surface area contributed by atoms with Crippen LogP contribution in [0.5, 0.6) is 0 Å². The van der Waals surface area contributed by atoms with Crippen molar-refractivity contribution in [2.45, 2.75) is 25.7 Å². The lowest BCUT2D eigenvalue weighted by Gasteiger charge is -2.25. The first-order valence-electron chi connectivity index (χ1n) is 6.54. The lowest BCUT2D eigenvalue weighted by molar-refractivity contribution is -0.122. The van der Waals surface area contributed by atoms with E-state index in [4.69, 9.17) is 9.47 Å². The highest BCUT2D eigenvalue weighted by molar-refractivity contribution is 7.17. The van der Waals surface area contributed by atoms with Crippen LogP contribution in [0.4, 0.5) is 0 Å². The van der Waals surface area contributed by atoms with Gasteiger partial charge in [-0.15, -0.1) is 11.3 Å². The van der Waals surface area contributed by atoms with Crippen molar-refractivity contribution in [1.82, 2.24) is 5.32 Å². The Balaban J connectivity index is 2.20. The molecule has 0 fully saturated rings. The summed E-state index contributed by atoms with van der Waals surface area (Å²) in [5, 5.41) is 7.01. The van der Waals surface area contributed by atoms with Crippen LogP contribution in [0, 0.1) is 0 Å². The van der Waals surface area contributed by atoms with Crippen LogP contribution < -0.4 is 5.32 Å². The molecular weight excluding hydrogens is 258 g/mol. The summed E-state index contributed by atoms with van der Waals surface area (Å²) in [5.41, 5.74) is 1.35. The van der Waals surface area contributed by atoms with Gasteiger partial charge in [0.1, 0.15) is 0 Å². The number of hydrogen-bond acceptors (Lipinski definition) is 4. The first-order valence-corrected chi connectivity index (χ1v) is 7.42. The van der Waals surface area contributed by atoms with E-state index in [1.54, 1.807) is 25.6 Å². The van der Waals surface area contributed by atoms with Gasteiger partial charge in [-0.1, -0.05) is 25.1 Å². The summed E-state index contributed by atoms with van der Waals surface area (Å²) in [4.78, 5) is 0. The molecule has 0 saturated carbocycles. The highest BCUT2D eigenvalue weighted by atomic mass is 32.1. The van der Waals surface area contributed by atoms with E-state index in [9.17, 15) is 0 Å². The second-order valence-electron chi connectivity index (χ2n) is 4.47. The fourth-order valence-corrected chi connectivity index (χ4v) is 3.36. The molecule has 1 aromatic heterocycles. The van der Waals surface area contributed by atoms with Crippen LogP contribution in [0.1, 0.15) is 12.5 Å². The maximum Gasteiger partial charge on any atom is 0.172 e. The molecule has 104 valence electrons. The Morgan fingerprint density at radius 3 is 2.63 bits per heavy atom. The number of benzene rings is 1. The van der Waals surface area contributed by atoms with Crippen LogP contribution in [0.25, 0.3) is 10.1 Å². The van der Waals surface area contributed by atoms with E-state index in [0.29, 0.717) is 0 Å². The van der Waals surface area contributed by atoms with Crippen LogP contribution in [-0.2, 0) is 15.9 Å². The van der Waals surface area contributed by atoms with E-state index in [2.05, 4.69) is 41.9 Å². The summed E-state index contributed by atoms with van der Waals surface area (Å²) >= 11 is 1.79. The molecule has 0 aliphatic heterocycles. The Kier molecular flexibility index (Phi) is 5.34. The fraction of sp³-hybridized carbons (Fsp3) is 0.467. The molecular formula is C15H21NO2S. The van der Waals surface area contributed by atoms with E-state index in [0.717, 1.165) is 13.0 Å². The number of fused-ring (bicyclic) bond motifs is 1. The number of thiophene rings is 1. The average Bonchev–Trinajstić information content (AvgIpc) is 2.84. The zero-order chi connectivity index (χ0) is 13.7. The summed E-state index contributed by atoms with van der Waals surface area (Å²) in [7, 11) is 3.37. The quantitative estimate of drug-likeness (QED) is 0.790. The standard InChI is InChI=1S/C15H21NO2S/c1-4-16-13(15(17-2)18-3)9-11-10-19-14-8-6-5-7-12(11)14/h5-8,10,13,15-16H,4,9H2,1-3H3. The summed E-state index contributed by atoms with van der Waals surface area (Å²) in [6.07, 6.45) is 0.683. The van der Waals surface area contributed by atoms with Gasteiger partial charge in [-0.2, -0.15) is 0 Å². The van der Waals surface area contributed by atoms with Gasteiger partial charge in [0.25, 0.3) is 0 Å². The van der Waals surface area contributed by atoms with Crippen LogP contribution in [0.3, 0.4) is 0 Å². The van der Waals surface area contributed by atoms with Crippen molar-refractivity contribution >= 4 is 21.4 Å². The minimum atomic E-state index is -0.224. The zero-order valence-electron chi connectivity index (χ0n) is 11.7. The maximum atomic E-state index is 5.39. The van der Waals surface area contributed by atoms with Crippen molar-refractivity contribution in [2.75, 3.05) is 20.8 Å². The average molecular weight is 279 g/mol. The van der Waals surface area contributed by atoms with Crippen LogP contribution in [0.2, 0.25) is 0 Å². The highest BCUT2D eigenvalue weighted by Crippen LogP contribution is 2.27. The third-order valence-corrected chi connectivity index (χ3v) is 4.27. The maximum absolute atomic E-state index is 5.39. The summed E-state index contributed by atoms with van der Waals surface area (Å²) in [5.74, 6) is 0. The minimum absolute atomic E-state index is 0.165. The van der Waals surface area contributed by atoms with Gasteiger partial charge in [-0.05, 0) is 35.4 Å². The molecule has 19 heavy (non-hydrogen) atoms. The molecule has 1 N–H and O–H groups in total. The highest BCUT2D eigenvalue weighted by Gasteiger charge is 2.21. The second-order valence-corrected chi connectivity index (χ2v) is 5.38. The predicted octanol–water partition coefficient (Wildman–Crippen LogP) is 3.04. The van der Waals surface area contributed by atoms with Crippen LogP contribution in [0.15, 0.2) is 29.6 Å². The number of methoxy groups -OCH3 is 2.